The molecule has 1 N–H and O–H groups in total. The van der Waals surface area contributed by atoms with Crippen molar-refractivity contribution < 1.29 is 31.5 Å². The number of carbonyl (C=O) groups is 1. The summed E-state index contributed by atoms with van der Waals surface area (Å²) in [4.78, 5) is 11.6. The third-order valence-corrected chi connectivity index (χ3v) is 6.79. The number of alkyl halides is 3. The average molecular weight is 351 g/mol. The maximum absolute atomic E-state index is 12.8. The summed E-state index contributed by atoms with van der Waals surface area (Å²) in [6, 6.07) is 3.64. The van der Waals surface area contributed by atoms with Gasteiger partial charge in [0.1, 0.15) is 0 Å². The van der Waals surface area contributed by atoms with E-state index in [1.54, 1.807) is 0 Å². The molecule has 0 aromatic heterocycles. The van der Waals surface area contributed by atoms with E-state index in [1.807, 2.05) is 0 Å². The van der Waals surface area contributed by atoms with Gasteiger partial charge in [0.15, 0.2) is 9.84 Å². The second kappa shape index (κ2) is 5.70. The smallest absolute Gasteiger partial charge is 0.416 e. The molecule has 128 valence electrons. The van der Waals surface area contributed by atoms with Gasteiger partial charge in [-0.3, -0.25) is 0 Å². The molecule has 0 radical (unpaired) electrons. The zero-order valence-corrected chi connectivity index (χ0v) is 13.1. The predicted molar refractivity (Wildman–Crippen MR) is 75.9 cm³/mol. The van der Waals surface area contributed by atoms with Crippen molar-refractivity contribution in [2.24, 2.45) is 0 Å². The standard InChI is InChI=1S/C14H16F3NO4S/c1-13(5-7-18(8-6-13)12(19)20)23(21,22)11-4-2-3-10(9-11)14(15,16)17/h2-4,9H,5-8H2,1H3,(H,19,20). The van der Waals surface area contributed by atoms with Crippen molar-refractivity contribution in [2.45, 2.75) is 35.6 Å². The monoisotopic (exact) mass is 351 g/mol. The van der Waals surface area contributed by atoms with E-state index in [2.05, 4.69) is 0 Å². The minimum atomic E-state index is -4.63. The van der Waals surface area contributed by atoms with Gasteiger partial charge in [0.05, 0.1) is 15.2 Å². The van der Waals surface area contributed by atoms with Gasteiger partial charge < -0.3 is 10.0 Å². The fourth-order valence-electron chi connectivity index (χ4n) is 2.56. The van der Waals surface area contributed by atoms with Crippen molar-refractivity contribution in [1.82, 2.24) is 4.90 Å². The van der Waals surface area contributed by atoms with Crippen LogP contribution in [0.25, 0.3) is 0 Å². The Morgan fingerprint density at radius 3 is 2.30 bits per heavy atom. The Morgan fingerprint density at radius 2 is 1.83 bits per heavy atom. The van der Waals surface area contributed by atoms with Crippen molar-refractivity contribution >= 4 is 15.9 Å². The second-order valence-electron chi connectivity index (χ2n) is 5.75. The molecule has 5 nitrogen and oxygen atoms in total. The summed E-state index contributed by atoms with van der Waals surface area (Å²) in [5.74, 6) is 0. The van der Waals surface area contributed by atoms with Gasteiger partial charge in [-0.15, -0.1) is 0 Å². The summed E-state index contributed by atoms with van der Waals surface area (Å²) in [6.45, 7) is 1.51. The lowest BCUT2D eigenvalue weighted by atomic mass is 9.98. The van der Waals surface area contributed by atoms with E-state index in [0.29, 0.717) is 6.07 Å². The molecule has 0 bridgehead atoms. The second-order valence-corrected chi connectivity index (χ2v) is 8.21. The number of carboxylic acid groups (broad SMARTS) is 1. The van der Waals surface area contributed by atoms with Crippen molar-refractivity contribution in [3.63, 3.8) is 0 Å². The van der Waals surface area contributed by atoms with Gasteiger partial charge in [-0.05, 0) is 38.0 Å². The lowest BCUT2D eigenvalue weighted by molar-refractivity contribution is -0.137. The zero-order chi connectivity index (χ0) is 17.5. The van der Waals surface area contributed by atoms with Crippen LogP contribution >= 0.6 is 0 Å². The summed E-state index contributed by atoms with van der Waals surface area (Å²) < 4.78 is 62.5. The number of piperidine rings is 1. The van der Waals surface area contributed by atoms with E-state index < -0.39 is 37.3 Å². The summed E-state index contributed by atoms with van der Waals surface area (Å²) in [5.41, 5.74) is -1.02. The zero-order valence-electron chi connectivity index (χ0n) is 12.3. The molecule has 0 aliphatic carbocycles. The van der Waals surface area contributed by atoms with E-state index >= 15 is 0 Å². The summed E-state index contributed by atoms with van der Waals surface area (Å²) in [6.07, 6.45) is -5.68. The third-order valence-electron chi connectivity index (χ3n) is 4.21. The van der Waals surface area contributed by atoms with Gasteiger partial charge in [0.25, 0.3) is 0 Å². The molecule has 1 fully saturated rings. The van der Waals surface area contributed by atoms with Crippen LogP contribution in [-0.4, -0.2) is 42.4 Å². The van der Waals surface area contributed by atoms with Crippen molar-refractivity contribution in [2.75, 3.05) is 13.1 Å². The number of rotatable bonds is 2. The highest BCUT2D eigenvalue weighted by Crippen LogP contribution is 2.37. The Bertz CT molecular complexity index is 707. The topological polar surface area (TPSA) is 74.7 Å². The molecule has 0 atom stereocenters. The molecule has 23 heavy (non-hydrogen) atoms. The fraction of sp³-hybridized carbons (Fsp3) is 0.500. The highest BCUT2D eigenvalue weighted by atomic mass is 32.2. The number of amides is 1. The molecule has 1 heterocycles. The molecule has 1 amide bonds. The quantitative estimate of drug-likeness (QED) is 0.889. The van der Waals surface area contributed by atoms with Gasteiger partial charge in [-0.25, -0.2) is 13.2 Å². The summed E-state index contributed by atoms with van der Waals surface area (Å²) in [5, 5.41) is 8.91. The van der Waals surface area contributed by atoms with E-state index in [0.717, 1.165) is 23.1 Å². The molecule has 1 aromatic rings. The molecule has 1 aromatic carbocycles. The van der Waals surface area contributed by atoms with Crippen molar-refractivity contribution in [1.29, 1.82) is 0 Å². The van der Waals surface area contributed by atoms with Crippen LogP contribution in [0.2, 0.25) is 0 Å². The molecule has 0 saturated carbocycles. The number of hydrogen-bond donors (Lipinski definition) is 1. The Kier molecular flexibility index (Phi) is 4.36. The highest BCUT2D eigenvalue weighted by Gasteiger charge is 2.44. The summed E-state index contributed by atoms with van der Waals surface area (Å²) in [7, 11) is -4.01. The first-order valence-corrected chi connectivity index (χ1v) is 8.35. The van der Waals surface area contributed by atoms with Crippen LogP contribution in [0.5, 0.6) is 0 Å². The summed E-state index contributed by atoms with van der Waals surface area (Å²) >= 11 is 0. The molecular formula is C14H16F3NO4S. The minimum Gasteiger partial charge on any atom is -0.465 e. The van der Waals surface area contributed by atoms with Gasteiger partial charge in [0.2, 0.25) is 0 Å². The van der Waals surface area contributed by atoms with Gasteiger partial charge >= 0.3 is 12.3 Å². The van der Waals surface area contributed by atoms with Crippen LogP contribution in [0.15, 0.2) is 29.2 Å². The molecule has 2 rings (SSSR count). The number of benzene rings is 1. The predicted octanol–water partition coefficient (Wildman–Crippen LogP) is 3.01. The normalized spacial score (nSPS) is 18.7. The highest BCUT2D eigenvalue weighted by molar-refractivity contribution is 7.92. The lowest BCUT2D eigenvalue weighted by Gasteiger charge is -2.37. The Labute approximate surface area is 131 Å². The lowest BCUT2D eigenvalue weighted by Crippen LogP contribution is -2.48. The largest absolute Gasteiger partial charge is 0.465 e. The fourth-order valence-corrected chi connectivity index (χ4v) is 4.39. The minimum absolute atomic E-state index is 0.0318. The first-order valence-electron chi connectivity index (χ1n) is 6.87. The number of hydrogen-bond acceptors (Lipinski definition) is 3. The first kappa shape index (κ1) is 17.6. The third kappa shape index (κ3) is 3.29. The molecule has 1 saturated heterocycles. The number of nitrogens with zero attached hydrogens (tertiary/aromatic N) is 1. The van der Waals surface area contributed by atoms with Crippen LogP contribution in [0.4, 0.5) is 18.0 Å². The molecule has 0 unspecified atom stereocenters. The maximum atomic E-state index is 12.8. The van der Waals surface area contributed by atoms with E-state index in [1.165, 1.54) is 6.92 Å². The molecule has 1 aliphatic heterocycles. The van der Waals surface area contributed by atoms with Crippen molar-refractivity contribution in [3.05, 3.63) is 29.8 Å². The van der Waals surface area contributed by atoms with Crippen LogP contribution in [-0.2, 0) is 16.0 Å². The van der Waals surface area contributed by atoms with Crippen LogP contribution in [0, 0.1) is 0 Å². The van der Waals surface area contributed by atoms with Crippen LogP contribution in [0.3, 0.4) is 0 Å². The van der Waals surface area contributed by atoms with Crippen LogP contribution in [0.1, 0.15) is 25.3 Å². The number of sulfone groups is 1. The van der Waals surface area contributed by atoms with E-state index in [-0.39, 0.29) is 25.9 Å². The molecule has 0 spiro atoms. The van der Waals surface area contributed by atoms with Gasteiger partial charge in [-0.1, -0.05) is 6.07 Å². The molecule has 9 heteroatoms. The first-order chi connectivity index (χ1) is 10.5. The Hall–Kier alpha value is -1.77. The van der Waals surface area contributed by atoms with Gasteiger partial charge in [-0.2, -0.15) is 13.2 Å². The van der Waals surface area contributed by atoms with E-state index in [4.69, 9.17) is 5.11 Å². The average Bonchev–Trinajstić information content (AvgIpc) is 2.47. The Morgan fingerprint density at radius 1 is 1.26 bits per heavy atom. The van der Waals surface area contributed by atoms with Crippen molar-refractivity contribution in [3.8, 4) is 0 Å². The van der Waals surface area contributed by atoms with Gasteiger partial charge in [0, 0.05) is 13.1 Å². The SMILES string of the molecule is CC1(S(=O)(=O)c2cccc(C(F)(F)F)c2)CCN(C(=O)O)CC1. The molecule has 1 aliphatic rings. The number of likely N-dealkylation sites (tertiary alicyclic amines) is 1. The molecular weight excluding hydrogens is 335 g/mol. The van der Waals surface area contributed by atoms with Crippen LogP contribution < -0.4 is 0 Å². The maximum Gasteiger partial charge on any atom is 0.416 e. The Balaban J connectivity index is 2.34. The number of halogens is 3. The van der Waals surface area contributed by atoms with E-state index in [9.17, 15) is 26.4 Å².